The molecule has 2 atom stereocenters. The molecule has 114 valence electrons. The molecule has 0 aliphatic heterocycles. The molecule has 0 saturated heterocycles. The summed E-state index contributed by atoms with van der Waals surface area (Å²) in [6.45, 7) is 5.18. The Kier molecular flexibility index (Phi) is 5.90. The SMILES string of the molecule is CCNC(CC)Cc1nc(C(OC)c2ccccc2)no1. The van der Waals surface area contributed by atoms with E-state index in [0.717, 1.165) is 24.9 Å². The fraction of sp³-hybridized carbons (Fsp3) is 0.500. The van der Waals surface area contributed by atoms with E-state index in [2.05, 4.69) is 29.3 Å². The van der Waals surface area contributed by atoms with E-state index < -0.39 is 0 Å². The molecule has 0 spiro atoms. The smallest absolute Gasteiger partial charge is 0.228 e. The quantitative estimate of drug-likeness (QED) is 0.809. The van der Waals surface area contributed by atoms with Crippen molar-refractivity contribution in [3.8, 4) is 0 Å². The van der Waals surface area contributed by atoms with Crippen LogP contribution in [0.1, 0.15) is 43.7 Å². The van der Waals surface area contributed by atoms with Crippen LogP contribution < -0.4 is 5.32 Å². The Bertz CT molecular complexity index is 527. The molecule has 21 heavy (non-hydrogen) atoms. The Morgan fingerprint density at radius 2 is 2.00 bits per heavy atom. The Morgan fingerprint density at radius 3 is 2.62 bits per heavy atom. The number of aromatic nitrogens is 2. The van der Waals surface area contributed by atoms with E-state index in [-0.39, 0.29) is 6.10 Å². The van der Waals surface area contributed by atoms with E-state index in [4.69, 9.17) is 9.26 Å². The van der Waals surface area contributed by atoms with Crippen LogP contribution in [0, 0.1) is 0 Å². The van der Waals surface area contributed by atoms with Gasteiger partial charge in [0, 0.05) is 19.6 Å². The molecule has 5 nitrogen and oxygen atoms in total. The topological polar surface area (TPSA) is 60.2 Å². The Balaban J connectivity index is 2.11. The number of methoxy groups -OCH3 is 1. The van der Waals surface area contributed by atoms with Crippen LogP contribution in [0.5, 0.6) is 0 Å². The Hall–Kier alpha value is -1.72. The van der Waals surface area contributed by atoms with Gasteiger partial charge in [0.25, 0.3) is 0 Å². The van der Waals surface area contributed by atoms with Crippen molar-refractivity contribution in [3.63, 3.8) is 0 Å². The molecular formula is C16H23N3O2. The largest absolute Gasteiger partial charge is 0.369 e. The first-order chi connectivity index (χ1) is 10.3. The van der Waals surface area contributed by atoms with Gasteiger partial charge >= 0.3 is 0 Å². The molecule has 5 heteroatoms. The van der Waals surface area contributed by atoms with Gasteiger partial charge in [0.15, 0.2) is 0 Å². The maximum atomic E-state index is 5.51. The number of hydrogen-bond donors (Lipinski definition) is 1. The highest BCUT2D eigenvalue weighted by Crippen LogP contribution is 2.22. The second-order valence-electron chi connectivity index (χ2n) is 4.94. The van der Waals surface area contributed by atoms with Gasteiger partial charge in [-0.15, -0.1) is 0 Å². The molecule has 0 aliphatic rings. The fourth-order valence-corrected chi connectivity index (χ4v) is 2.34. The lowest BCUT2D eigenvalue weighted by atomic mass is 10.1. The van der Waals surface area contributed by atoms with Crippen molar-refractivity contribution in [1.29, 1.82) is 0 Å². The number of benzene rings is 1. The monoisotopic (exact) mass is 289 g/mol. The Labute approximate surface area is 125 Å². The lowest BCUT2D eigenvalue weighted by molar-refractivity contribution is 0.126. The van der Waals surface area contributed by atoms with Crippen molar-refractivity contribution in [2.24, 2.45) is 0 Å². The summed E-state index contributed by atoms with van der Waals surface area (Å²) in [4.78, 5) is 4.49. The van der Waals surface area contributed by atoms with E-state index >= 15 is 0 Å². The molecule has 0 fully saturated rings. The minimum absolute atomic E-state index is 0.289. The lowest BCUT2D eigenvalue weighted by Crippen LogP contribution is -2.30. The second-order valence-corrected chi connectivity index (χ2v) is 4.94. The van der Waals surface area contributed by atoms with Crippen molar-refractivity contribution < 1.29 is 9.26 Å². The van der Waals surface area contributed by atoms with E-state index in [1.807, 2.05) is 30.3 Å². The predicted octanol–water partition coefficient (Wildman–Crippen LogP) is 2.74. The molecule has 2 aromatic rings. The molecule has 1 aromatic carbocycles. The number of nitrogens with one attached hydrogen (secondary N) is 1. The lowest BCUT2D eigenvalue weighted by Gasteiger charge is -2.12. The van der Waals surface area contributed by atoms with Crippen molar-refractivity contribution >= 4 is 0 Å². The van der Waals surface area contributed by atoms with Gasteiger partial charge < -0.3 is 14.6 Å². The number of likely N-dealkylation sites (N-methyl/N-ethyl adjacent to an activating group) is 1. The van der Waals surface area contributed by atoms with Gasteiger partial charge in [-0.05, 0) is 18.5 Å². The van der Waals surface area contributed by atoms with Crippen LogP contribution >= 0.6 is 0 Å². The molecule has 1 aromatic heterocycles. The third-order valence-electron chi connectivity index (χ3n) is 3.46. The van der Waals surface area contributed by atoms with Crippen molar-refractivity contribution in [1.82, 2.24) is 15.5 Å². The standard InChI is InChI=1S/C16H23N3O2/c1-4-13(17-5-2)11-14-18-16(19-21-14)15(20-3)12-9-7-6-8-10-12/h6-10,13,15,17H,4-5,11H2,1-3H3. The average Bonchev–Trinajstić information content (AvgIpc) is 2.97. The molecule has 0 amide bonds. The number of nitrogens with zero attached hydrogens (tertiary/aromatic N) is 2. The first-order valence-corrected chi connectivity index (χ1v) is 7.42. The van der Waals surface area contributed by atoms with Gasteiger partial charge in [0.05, 0.1) is 0 Å². The third-order valence-corrected chi connectivity index (χ3v) is 3.46. The summed E-state index contributed by atoms with van der Waals surface area (Å²) in [5.74, 6) is 1.22. The van der Waals surface area contributed by atoms with E-state index in [9.17, 15) is 0 Å². The zero-order chi connectivity index (χ0) is 15.1. The number of ether oxygens (including phenoxy) is 1. The van der Waals surface area contributed by atoms with E-state index in [1.54, 1.807) is 7.11 Å². The van der Waals surface area contributed by atoms with Crippen LogP contribution in [-0.4, -0.2) is 29.8 Å². The summed E-state index contributed by atoms with van der Waals surface area (Å²) < 4.78 is 10.9. The second kappa shape index (κ2) is 7.90. The summed E-state index contributed by atoms with van der Waals surface area (Å²) in [5, 5.41) is 7.48. The molecule has 0 saturated carbocycles. The predicted molar refractivity (Wildman–Crippen MR) is 81.1 cm³/mol. The van der Waals surface area contributed by atoms with Crippen molar-refractivity contribution in [2.45, 2.75) is 38.8 Å². The summed E-state index contributed by atoms with van der Waals surface area (Å²) in [7, 11) is 1.65. The van der Waals surface area contributed by atoms with Gasteiger partial charge in [-0.2, -0.15) is 4.98 Å². The van der Waals surface area contributed by atoms with Crippen LogP contribution in [0.15, 0.2) is 34.9 Å². The van der Waals surface area contributed by atoms with E-state index in [1.165, 1.54) is 0 Å². The van der Waals surface area contributed by atoms with Crippen LogP contribution in [0.4, 0.5) is 0 Å². The molecular weight excluding hydrogens is 266 g/mol. The normalized spacial score (nSPS) is 14.0. The zero-order valence-electron chi connectivity index (χ0n) is 12.9. The average molecular weight is 289 g/mol. The van der Waals surface area contributed by atoms with Crippen LogP contribution in [-0.2, 0) is 11.2 Å². The fourth-order valence-electron chi connectivity index (χ4n) is 2.34. The number of hydrogen-bond acceptors (Lipinski definition) is 5. The molecule has 2 unspecified atom stereocenters. The molecule has 2 rings (SSSR count). The number of rotatable bonds is 8. The van der Waals surface area contributed by atoms with Gasteiger partial charge in [0.2, 0.25) is 11.7 Å². The zero-order valence-corrected chi connectivity index (χ0v) is 12.9. The van der Waals surface area contributed by atoms with Crippen LogP contribution in [0.3, 0.4) is 0 Å². The highest BCUT2D eigenvalue weighted by Gasteiger charge is 2.20. The van der Waals surface area contributed by atoms with Gasteiger partial charge in [-0.3, -0.25) is 0 Å². The minimum atomic E-state index is -0.289. The summed E-state index contributed by atoms with van der Waals surface area (Å²) in [6.07, 6.45) is 1.48. The molecule has 0 bridgehead atoms. The highest BCUT2D eigenvalue weighted by atomic mass is 16.5. The van der Waals surface area contributed by atoms with Gasteiger partial charge in [-0.1, -0.05) is 49.3 Å². The maximum absolute atomic E-state index is 5.51. The highest BCUT2D eigenvalue weighted by molar-refractivity contribution is 5.22. The van der Waals surface area contributed by atoms with Crippen LogP contribution in [0.25, 0.3) is 0 Å². The van der Waals surface area contributed by atoms with Gasteiger partial charge in [0.1, 0.15) is 6.10 Å². The first-order valence-electron chi connectivity index (χ1n) is 7.42. The Morgan fingerprint density at radius 1 is 1.24 bits per heavy atom. The van der Waals surface area contributed by atoms with Crippen LogP contribution in [0.2, 0.25) is 0 Å². The molecule has 0 aliphatic carbocycles. The summed E-state index contributed by atoms with van der Waals surface area (Å²) in [5.41, 5.74) is 1.02. The molecule has 1 N–H and O–H groups in total. The van der Waals surface area contributed by atoms with Crippen molar-refractivity contribution in [2.75, 3.05) is 13.7 Å². The summed E-state index contributed by atoms with van der Waals surface area (Å²) in [6, 6.07) is 10.3. The van der Waals surface area contributed by atoms with Gasteiger partial charge in [-0.25, -0.2) is 0 Å². The van der Waals surface area contributed by atoms with E-state index in [0.29, 0.717) is 17.8 Å². The summed E-state index contributed by atoms with van der Waals surface area (Å²) >= 11 is 0. The third kappa shape index (κ3) is 4.12. The molecule has 1 heterocycles. The minimum Gasteiger partial charge on any atom is -0.369 e. The first kappa shape index (κ1) is 15.7. The molecule has 0 radical (unpaired) electrons. The maximum Gasteiger partial charge on any atom is 0.228 e. The van der Waals surface area contributed by atoms with Crippen molar-refractivity contribution in [3.05, 3.63) is 47.6 Å².